The highest BCUT2D eigenvalue weighted by Crippen LogP contribution is 2.13. The first kappa shape index (κ1) is 27.5. The van der Waals surface area contributed by atoms with Gasteiger partial charge in [0.25, 0.3) is 5.69 Å². The maximum absolute atomic E-state index is 10.7. The van der Waals surface area contributed by atoms with Gasteiger partial charge in [0.15, 0.2) is 0 Å². The lowest BCUT2D eigenvalue weighted by molar-refractivity contribution is -0.900. The van der Waals surface area contributed by atoms with E-state index in [4.69, 9.17) is 13.0 Å². The van der Waals surface area contributed by atoms with E-state index in [0.717, 1.165) is 6.42 Å². The summed E-state index contributed by atoms with van der Waals surface area (Å²) in [6, 6.07) is 7.02. The van der Waals surface area contributed by atoms with Crippen LogP contribution in [0.4, 0.5) is 5.69 Å². The summed E-state index contributed by atoms with van der Waals surface area (Å²) < 4.78 is 27.2. The SMILES string of the molecule is CCCCC[NH+](CCCCC)CCCCc1ccc([N+](=O)[O-])cc1.CS(=O)(=O)[O-]. The van der Waals surface area contributed by atoms with Gasteiger partial charge in [-0.25, -0.2) is 8.42 Å². The minimum atomic E-state index is -3.92. The molecule has 168 valence electrons. The Kier molecular flexibility index (Phi) is 15.5. The van der Waals surface area contributed by atoms with Gasteiger partial charge in [0, 0.05) is 18.4 Å². The Morgan fingerprint density at radius 1 is 0.862 bits per heavy atom. The standard InChI is InChI=1S/C20H34N2O2.CH4O3S/c1-3-5-8-16-21(17-9-6-4-2)18-10-7-11-19-12-14-20(15-13-19)22(23)24;1-5(2,3)4/h12-15H,3-11,16-18H2,1-2H3;1H3,(H,2,3,4). The van der Waals surface area contributed by atoms with E-state index in [1.165, 1.54) is 76.6 Å². The molecule has 0 unspecified atom stereocenters. The van der Waals surface area contributed by atoms with Crippen LogP contribution in [0.2, 0.25) is 0 Å². The first-order valence-corrected chi connectivity index (χ1v) is 12.5. The number of unbranched alkanes of at least 4 members (excludes halogenated alkanes) is 5. The third-order valence-electron chi connectivity index (χ3n) is 4.66. The summed E-state index contributed by atoms with van der Waals surface area (Å²) in [4.78, 5) is 12.1. The summed E-state index contributed by atoms with van der Waals surface area (Å²) in [5.74, 6) is 0. The van der Waals surface area contributed by atoms with Gasteiger partial charge >= 0.3 is 0 Å². The fourth-order valence-corrected chi connectivity index (χ4v) is 3.11. The predicted octanol–water partition coefficient (Wildman–Crippen LogP) is 3.34. The van der Waals surface area contributed by atoms with Gasteiger partial charge in [-0.2, -0.15) is 0 Å². The number of nitrogens with zero attached hydrogens (tertiary/aromatic N) is 1. The molecule has 0 aliphatic heterocycles. The van der Waals surface area contributed by atoms with Gasteiger partial charge in [-0.15, -0.1) is 0 Å². The lowest BCUT2D eigenvalue weighted by Crippen LogP contribution is -3.12. The molecule has 0 saturated heterocycles. The van der Waals surface area contributed by atoms with Gasteiger partial charge in [-0.05, 0) is 50.5 Å². The number of hydrogen-bond acceptors (Lipinski definition) is 5. The maximum atomic E-state index is 10.7. The average molecular weight is 431 g/mol. The van der Waals surface area contributed by atoms with Crippen LogP contribution in [-0.4, -0.2) is 43.8 Å². The lowest BCUT2D eigenvalue weighted by Gasteiger charge is -2.19. The van der Waals surface area contributed by atoms with Gasteiger partial charge in [-0.3, -0.25) is 10.1 Å². The monoisotopic (exact) mass is 430 g/mol. The highest BCUT2D eigenvalue weighted by atomic mass is 32.2. The van der Waals surface area contributed by atoms with E-state index in [0.29, 0.717) is 6.26 Å². The normalized spacial score (nSPS) is 11.2. The molecule has 0 spiro atoms. The van der Waals surface area contributed by atoms with E-state index in [1.54, 1.807) is 17.0 Å². The van der Waals surface area contributed by atoms with Crippen molar-refractivity contribution in [3.63, 3.8) is 0 Å². The fourth-order valence-electron chi connectivity index (χ4n) is 3.11. The van der Waals surface area contributed by atoms with Crippen LogP contribution in [0.3, 0.4) is 0 Å². The zero-order valence-corrected chi connectivity index (χ0v) is 19.0. The number of quaternary nitrogens is 1. The summed E-state index contributed by atoms with van der Waals surface area (Å²) >= 11 is 0. The van der Waals surface area contributed by atoms with Crippen LogP contribution in [0.1, 0.15) is 70.8 Å². The molecule has 1 aromatic carbocycles. The summed E-state index contributed by atoms with van der Waals surface area (Å²) in [6.07, 6.45) is 12.0. The minimum Gasteiger partial charge on any atom is -0.748 e. The van der Waals surface area contributed by atoms with Crippen LogP contribution < -0.4 is 4.90 Å². The van der Waals surface area contributed by atoms with Crippen molar-refractivity contribution in [3.05, 3.63) is 39.9 Å². The Balaban J connectivity index is 0.00000139. The summed E-state index contributed by atoms with van der Waals surface area (Å²) in [5.41, 5.74) is 1.39. The van der Waals surface area contributed by atoms with Gasteiger partial charge < -0.3 is 9.45 Å². The zero-order valence-electron chi connectivity index (χ0n) is 18.2. The van der Waals surface area contributed by atoms with Crippen molar-refractivity contribution in [2.24, 2.45) is 0 Å². The average Bonchev–Trinajstić information content (AvgIpc) is 2.64. The quantitative estimate of drug-likeness (QED) is 0.211. The number of nitrogens with one attached hydrogen (secondary N) is 1. The molecule has 0 fully saturated rings. The summed E-state index contributed by atoms with van der Waals surface area (Å²) in [7, 11) is -3.92. The Morgan fingerprint density at radius 3 is 1.66 bits per heavy atom. The van der Waals surface area contributed by atoms with Gasteiger partial charge in [0.2, 0.25) is 0 Å². The lowest BCUT2D eigenvalue weighted by atomic mass is 10.1. The van der Waals surface area contributed by atoms with Crippen molar-refractivity contribution in [3.8, 4) is 0 Å². The second-order valence-corrected chi connectivity index (χ2v) is 8.91. The van der Waals surface area contributed by atoms with Crippen molar-refractivity contribution >= 4 is 15.8 Å². The number of hydrogen-bond donors (Lipinski definition) is 1. The Labute approximate surface area is 176 Å². The summed E-state index contributed by atoms with van der Waals surface area (Å²) in [6.45, 7) is 8.42. The smallest absolute Gasteiger partial charge is 0.269 e. The number of nitro benzene ring substituents is 1. The third kappa shape index (κ3) is 18.3. The molecule has 8 heteroatoms. The van der Waals surface area contributed by atoms with Crippen LogP contribution in [-0.2, 0) is 16.5 Å². The second kappa shape index (κ2) is 16.3. The van der Waals surface area contributed by atoms with Crippen molar-refractivity contribution in [2.75, 3.05) is 25.9 Å². The summed E-state index contributed by atoms with van der Waals surface area (Å²) in [5, 5.41) is 10.7. The van der Waals surface area contributed by atoms with Crippen LogP contribution in [0, 0.1) is 10.1 Å². The van der Waals surface area contributed by atoms with Crippen molar-refractivity contribution in [2.45, 2.75) is 71.6 Å². The van der Waals surface area contributed by atoms with E-state index in [2.05, 4.69) is 13.8 Å². The molecule has 0 heterocycles. The minimum absolute atomic E-state index is 0.182. The van der Waals surface area contributed by atoms with Crippen LogP contribution in [0.25, 0.3) is 0 Å². The van der Waals surface area contributed by atoms with Gasteiger partial charge in [0.1, 0.15) is 0 Å². The zero-order chi connectivity index (χ0) is 22.1. The first-order valence-electron chi connectivity index (χ1n) is 10.6. The molecule has 0 aliphatic rings. The molecule has 1 rings (SSSR count). The van der Waals surface area contributed by atoms with E-state index in [9.17, 15) is 10.1 Å². The van der Waals surface area contributed by atoms with E-state index in [-0.39, 0.29) is 10.6 Å². The molecule has 0 amide bonds. The Morgan fingerprint density at radius 2 is 1.28 bits per heavy atom. The Hall–Kier alpha value is -1.51. The molecule has 7 nitrogen and oxygen atoms in total. The van der Waals surface area contributed by atoms with Gasteiger partial charge in [0.05, 0.1) is 34.7 Å². The van der Waals surface area contributed by atoms with Crippen molar-refractivity contribution < 1.29 is 22.8 Å². The maximum Gasteiger partial charge on any atom is 0.269 e. The highest BCUT2D eigenvalue weighted by molar-refractivity contribution is 7.84. The largest absolute Gasteiger partial charge is 0.748 e. The van der Waals surface area contributed by atoms with E-state index < -0.39 is 10.1 Å². The molecule has 0 atom stereocenters. The van der Waals surface area contributed by atoms with Gasteiger partial charge in [-0.1, -0.05) is 38.8 Å². The molecule has 29 heavy (non-hydrogen) atoms. The number of aryl methyl sites for hydroxylation is 1. The molecule has 1 aromatic rings. The molecule has 0 radical (unpaired) electrons. The van der Waals surface area contributed by atoms with Crippen molar-refractivity contribution in [1.82, 2.24) is 0 Å². The Bertz CT molecular complexity index is 630. The van der Waals surface area contributed by atoms with Crippen LogP contribution in [0.15, 0.2) is 24.3 Å². The molecular formula is C21H38N2O5S. The third-order valence-corrected chi connectivity index (χ3v) is 4.66. The molecule has 0 bridgehead atoms. The predicted molar refractivity (Wildman–Crippen MR) is 116 cm³/mol. The number of rotatable bonds is 14. The molecule has 0 saturated carbocycles. The van der Waals surface area contributed by atoms with Crippen LogP contribution in [0.5, 0.6) is 0 Å². The second-order valence-electron chi connectivity index (χ2n) is 7.50. The van der Waals surface area contributed by atoms with E-state index >= 15 is 0 Å². The van der Waals surface area contributed by atoms with Crippen molar-refractivity contribution in [1.29, 1.82) is 0 Å². The number of benzene rings is 1. The van der Waals surface area contributed by atoms with E-state index in [1.807, 2.05) is 12.1 Å². The van der Waals surface area contributed by atoms with Crippen LogP contribution >= 0.6 is 0 Å². The highest BCUT2D eigenvalue weighted by Gasteiger charge is 2.08. The number of nitro groups is 1. The number of non-ortho nitro benzene ring substituents is 1. The molecular weight excluding hydrogens is 392 g/mol. The molecule has 0 aliphatic carbocycles. The molecule has 0 aromatic heterocycles. The fraction of sp³-hybridized carbons (Fsp3) is 0.714. The first-order chi connectivity index (χ1) is 13.7. The molecule has 1 N–H and O–H groups in total. The topological polar surface area (TPSA) is 105 Å².